The van der Waals surface area contributed by atoms with Gasteiger partial charge in [0, 0.05) is 12.1 Å². The van der Waals surface area contributed by atoms with Gasteiger partial charge < -0.3 is 4.74 Å². The van der Waals surface area contributed by atoms with Crippen LogP contribution >= 0.6 is 0 Å². The first-order valence-electron chi connectivity index (χ1n) is 12.7. The summed E-state index contributed by atoms with van der Waals surface area (Å²) in [6.07, 6.45) is 5.99. The smallest absolute Gasteiger partial charge is 0.429 e. The van der Waals surface area contributed by atoms with Gasteiger partial charge in [0.2, 0.25) is 0 Å². The minimum atomic E-state index is -4.44. The average Bonchev–Trinajstić information content (AvgIpc) is 2.84. The van der Waals surface area contributed by atoms with Crippen molar-refractivity contribution < 1.29 is 35.5 Å². The first kappa shape index (κ1) is 26.8. The maximum atomic E-state index is 14.7. The van der Waals surface area contributed by atoms with E-state index in [1.165, 1.54) is 25.7 Å². The van der Waals surface area contributed by atoms with Crippen molar-refractivity contribution in [2.75, 3.05) is 0 Å². The van der Waals surface area contributed by atoms with Crippen LogP contribution in [0.2, 0.25) is 0 Å². The Bertz CT molecular complexity index is 1030. The first-order chi connectivity index (χ1) is 17.0. The van der Waals surface area contributed by atoms with E-state index in [2.05, 4.69) is 11.7 Å². The lowest BCUT2D eigenvalue weighted by atomic mass is 9.69. The van der Waals surface area contributed by atoms with Gasteiger partial charge in [0.15, 0.2) is 29.1 Å². The SMILES string of the molecule is CC1CCC(C2CCC(CCc3ccc(C(F)(F)Oc4cc(F)c(F)c(F)c4)c(F)c3F)CC2)CC1. The van der Waals surface area contributed by atoms with Crippen LogP contribution < -0.4 is 4.74 Å². The lowest BCUT2D eigenvalue weighted by molar-refractivity contribution is -0.188. The summed E-state index contributed by atoms with van der Waals surface area (Å²) in [4.78, 5) is 0. The maximum Gasteiger partial charge on any atom is 0.429 e. The molecule has 0 bridgehead atoms. The summed E-state index contributed by atoms with van der Waals surface area (Å²) in [5.41, 5.74) is -1.41. The quantitative estimate of drug-likeness (QED) is 0.263. The molecular formula is C28H31F7O. The number of hydrogen-bond acceptors (Lipinski definition) is 1. The second-order valence-electron chi connectivity index (χ2n) is 10.6. The second-order valence-corrected chi connectivity index (χ2v) is 10.6. The van der Waals surface area contributed by atoms with E-state index in [1.54, 1.807) is 0 Å². The fourth-order valence-electron chi connectivity index (χ4n) is 5.87. The highest BCUT2D eigenvalue weighted by atomic mass is 19.3. The zero-order valence-electron chi connectivity index (χ0n) is 20.2. The number of alkyl halides is 2. The second kappa shape index (κ2) is 11.0. The molecule has 0 N–H and O–H groups in total. The molecule has 8 heteroatoms. The molecule has 2 aromatic carbocycles. The third-order valence-electron chi connectivity index (χ3n) is 8.12. The summed E-state index contributed by atoms with van der Waals surface area (Å²) in [6, 6.07) is 2.22. The van der Waals surface area contributed by atoms with Crippen LogP contribution in [0, 0.1) is 52.8 Å². The summed E-state index contributed by atoms with van der Waals surface area (Å²) in [5.74, 6) is -6.83. The molecule has 0 unspecified atom stereocenters. The lowest BCUT2D eigenvalue weighted by Crippen LogP contribution is -2.25. The van der Waals surface area contributed by atoms with Crippen molar-refractivity contribution in [1.82, 2.24) is 0 Å². The monoisotopic (exact) mass is 516 g/mol. The van der Waals surface area contributed by atoms with Gasteiger partial charge in [-0.25, -0.2) is 22.0 Å². The number of ether oxygens (including phenoxy) is 1. The average molecular weight is 517 g/mol. The predicted molar refractivity (Wildman–Crippen MR) is 122 cm³/mol. The third kappa shape index (κ3) is 6.00. The van der Waals surface area contributed by atoms with E-state index in [-0.39, 0.29) is 24.1 Å². The van der Waals surface area contributed by atoms with Crippen molar-refractivity contribution in [3.05, 3.63) is 64.5 Å². The Morgan fingerprint density at radius 2 is 1.31 bits per heavy atom. The molecule has 0 aliphatic heterocycles. The van der Waals surface area contributed by atoms with Crippen LogP contribution in [0.15, 0.2) is 24.3 Å². The third-order valence-corrected chi connectivity index (χ3v) is 8.12. The van der Waals surface area contributed by atoms with E-state index in [1.807, 2.05) is 0 Å². The number of hydrogen-bond donors (Lipinski definition) is 0. The Balaban J connectivity index is 1.35. The van der Waals surface area contributed by atoms with E-state index in [0.29, 0.717) is 18.4 Å². The van der Waals surface area contributed by atoms with Crippen LogP contribution in [0.1, 0.15) is 75.8 Å². The van der Waals surface area contributed by atoms with Gasteiger partial charge in [0.05, 0.1) is 0 Å². The van der Waals surface area contributed by atoms with Gasteiger partial charge in [-0.15, -0.1) is 0 Å². The Hall–Kier alpha value is -2.25. The lowest BCUT2D eigenvalue weighted by Gasteiger charge is -2.37. The van der Waals surface area contributed by atoms with Crippen molar-refractivity contribution in [2.45, 2.75) is 77.2 Å². The molecule has 0 amide bonds. The van der Waals surface area contributed by atoms with Crippen LogP contribution in [-0.2, 0) is 12.5 Å². The van der Waals surface area contributed by atoms with Gasteiger partial charge in [-0.1, -0.05) is 38.7 Å². The summed E-state index contributed by atoms with van der Waals surface area (Å²) in [7, 11) is 0. The van der Waals surface area contributed by atoms with Gasteiger partial charge in [-0.05, 0) is 73.8 Å². The van der Waals surface area contributed by atoms with Crippen molar-refractivity contribution in [1.29, 1.82) is 0 Å². The molecule has 4 rings (SSSR count). The molecule has 2 aromatic rings. The molecule has 1 nitrogen and oxygen atoms in total. The molecule has 0 spiro atoms. The van der Waals surface area contributed by atoms with Gasteiger partial charge in [0.1, 0.15) is 11.3 Å². The Labute approximate surface area is 207 Å². The van der Waals surface area contributed by atoms with E-state index in [4.69, 9.17) is 0 Å². The standard InChI is InChI=1S/C28H31F7O/c1-16-2-7-18(8-3-16)19-9-4-17(5-10-19)6-11-20-12-13-22(26(32)25(20)31)28(34,35)36-21-14-23(29)27(33)24(30)15-21/h12-19H,2-11H2,1H3. The molecule has 2 saturated carbocycles. The zero-order chi connectivity index (χ0) is 26.0. The highest BCUT2D eigenvalue weighted by Gasteiger charge is 2.40. The van der Waals surface area contributed by atoms with Crippen LogP contribution in [0.5, 0.6) is 5.75 Å². The van der Waals surface area contributed by atoms with Crippen LogP contribution in [0.25, 0.3) is 0 Å². The van der Waals surface area contributed by atoms with Crippen molar-refractivity contribution in [2.24, 2.45) is 23.7 Å². The molecular weight excluding hydrogens is 485 g/mol. The maximum absolute atomic E-state index is 14.7. The van der Waals surface area contributed by atoms with E-state index in [9.17, 15) is 30.7 Å². The van der Waals surface area contributed by atoms with Gasteiger partial charge in [0.25, 0.3) is 0 Å². The number of aryl methyl sites for hydroxylation is 1. The predicted octanol–water partition coefficient (Wildman–Crippen LogP) is 9.08. The van der Waals surface area contributed by atoms with E-state index in [0.717, 1.165) is 49.5 Å². The highest BCUT2D eigenvalue weighted by molar-refractivity contribution is 5.31. The van der Waals surface area contributed by atoms with Crippen molar-refractivity contribution >= 4 is 0 Å². The van der Waals surface area contributed by atoms with Crippen molar-refractivity contribution in [3.8, 4) is 5.75 Å². The normalized spacial score (nSPS) is 25.1. The van der Waals surface area contributed by atoms with E-state index >= 15 is 0 Å². The topological polar surface area (TPSA) is 9.23 Å². The molecule has 0 atom stereocenters. The fraction of sp³-hybridized carbons (Fsp3) is 0.571. The highest BCUT2D eigenvalue weighted by Crippen LogP contribution is 2.42. The van der Waals surface area contributed by atoms with Gasteiger partial charge in [-0.3, -0.25) is 0 Å². The minimum Gasteiger partial charge on any atom is -0.429 e. The van der Waals surface area contributed by atoms with Crippen LogP contribution in [0.3, 0.4) is 0 Å². The molecule has 2 aliphatic rings. The number of halogens is 7. The minimum absolute atomic E-state index is 0.00527. The molecule has 2 fully saturated rings. The molecule has 0 radical (unpaired) electrons. The number of benzene rings is 2. The van der Waals surface area contributed by atoms with Gasteiger partial charge in [-0.2, -0.15) is 8.78 Å². The van der Waals surface area contributed by atoms with E-state index < -0.39 is 46.5 Å². The molecule has 198 valence electrons. The summed E-state index contributed by atoms with van der Waals surface area (Å²) < 4.78 is 102. The largest absolute Gasteiger partial charge is 0.429 e. The molecule has 36 heavy (non-hydrogen) atoms. The molecule has 0 aromatic heterocycles. The Kier molecular flexibility index (Phi) is 8.20. The number of rotatable bonds is 7. The Morgan fingerprint density at radius 1 is 0.750 bits per heavy atom. The Morgan fingerprint density at radius 3 is 1.89 bits per heavy atom. The summed E-state index contributed by atoms with van der Waals surface area (Å²) in [6.45, 7) is 2.31. The van der Waals surface area contributed by atoms with Crippen molar-refractivity contribution in [3.63, 3.8) is 0 Å². The molecule has 2 aliphatic carbocycles. The zero-order valence-corrected chi connectivity index (χ0v) is 20.2. The fourth-order valence-corrected chi connectivity index (χ4v) is 5.87. The summed E-state index contributed by atoms with van der Waals surface area (Å²) in [5, 5.41) is 0. The summed E-state index contributed by atoms with van der Waals surface area (Å²) >= 11 is 0. The first-order valence-corrected chi connectivity index (χ1v) is 12.7. The van der Waals surface area contributed by atoms with Crippen LogP contribution in [-0.4, -0.2) is 0 Å². The van der Waals surface area contributed by atoms with Gasteiger partial charge >= 0.3 is 6.11 Å². The molecule has 0 heterocycles. The molecule has 0 saturated heterocycles. The van der Waals surface area contributed by atoms with Crippen LogP contribution in [0.4, 0.5) is 30.7 Å².